The first-order valence-electron chi connectivity index (χ1n) is 5.90. The zero-order valence-corrected chi connectivity index (χ0v) is 10.5. The lowest BCUT2D eigenvalue weighted by Crippen LogP contribution is -2.46. The summed E-state index contributed by atoms with van der Waals surface area (Å²) in [7, 11) is 0. The number of rotatable bonds is 5. The molecule has 0 bridgehead atoms. The second kappa shape index (κ2) is 5.82. The van der Waals surface area contributed by atoms with Crippen LogP contribution in [-0.4, -0.2) is 36.1 Å². The van der Waals surface area contributed by atoms with Gasteiger partial charge in [-0.05, 0) is 18.4 Å². The van der Waals surface area contributed by atoms with Gasteiger partial charge in [-0.3, -0.25) is 4.79 Å². The monoisotopic (exact) mass is 240 g/mol. The number of hydrogen-bond acceptors (Lipinski definition) is 3. The van der Waals surface area contributed by atoms with Gasteiger partial charge in [0.2, 0.25) is 5.91 Å². The van der Waals surface area contributed by atoms with E-state index in [-0.39, 0.29) is 11.8 Å². The summed E-state index contributed by atoms with van der Waals surface area (Å²) >= 11 is 0. The van der Waals surface area contributed by atoms with Gasteiger partial charge in [-0.1, -0.05) is 20.3 Å². The molecule has 0 spiro atoms. The molecule has 1 aliphatic heterocycles. The lowest BCUT2D eigenvalue weighted by atomic mass is 9.98. The van der Waals surface area contributed by atoms with E-state index in [1.807, 2.05) is 13.8 Å². The fourth-order valence-corrected chi connectivity index (χ4v) is 1.61. The van der Waals surface area contributed by atoms with Crippen molar-refractivity contribution in [3.05, 3.63) is 11.1 Å². The van der Waals surface area contributed by atoms with Gasteiger partial charge in [-0.2, -0.15) is 0 Å². The number of nitrogens with one attached hydrogen (secondary N) is 2. The zero-order valence-electron chi connectivity index (χ0n) is 10.5. The summed E-state index contributed by atoms with van der Waals surface area (Å²) in [6, 6.07) is -0.809. The number of carboxylic acids is 1. The van der Waals surface area contributed by atoms with Gasteiger partial charge in [0.15, 0.2) is 0 Å². The van der Waals surface area contributed by atoms with Crippen LogP contribution >= 0.6 is 0 Å². The summed E-state index contributed by atoms with van der Waals surface area (Å²) in [6.07, 6.45) is 0.717. The van der Waals surface area contributed by atoms with Crippen LogP contribution in [0.15, 0.2) is 11.1 Å². The lowest BCUT2D eigenvalue weighted by Gasteiger charge is -2.24. The molecule has 0 aliphatic carbocycles. The Hall–Kier alpha value is -1.36. The predicted molar refractivity (Wildman–Crippen MR) is 64.6 cm³/mol. The predicted octanol–water partition coefficient (Wildman–Crippen LogP) is 0.522. The largest absolute Gasteiger partial charge is 0.480 e. The maximum atomic E-state index is 11.9. The minimum absolute atomic E-state index is 0.0752. The molecule has 0 aromatic heterocycles. The first-order valence-corrected chi connectivity index (χ1v) is 5.90. The molecule has 0 unspecified atom stereocenters. The SMILES string of the molecule is CC[C@H](C)[C@H](NC(=O)C(C)=C1CNC1)C(=O)O. The highest BCUT2D eigenvalue weighted by Gasteiger charge is 2.26. The van der Waals surface area contributed by atoms with Gasteiger partial charge in [0.05, 0.1) is 0 Å². The average molecular weight is 240 g/mol. The minimum Gasteiger partial charge on any atom is -0.480 e. The van der Waals surface area contributed by atoms with Gasteiger partial charge >= 0.3 is 5.97 Å². The van der Waals surface area contributed by atoms with E-state index >= 15 is 0 Å². The fourth-order valence-electron chi connectivity index (χ4n) is 1.61. The summed E-state index contributed by atoms with van der Waals surface area (Å²) in [5.41, 5.74) is 1.69. The number of aliphatic carboxylic acids is 1. The maximum Gasteiger partial charge on any atom is 0.326 e. The van der Waals surface area contributed by atoms with Crippen molar-refractivity contribution < 1.29 is 14.7 Å². The third-order valence-electron chi connectivity index (χ3n) is 3.31. The van der Waals surface area contributed by atoms with Crippen LogP contribution in [-0.2, 0) is 9.59 Å². The van der Waals surface area contributed by atoms with E-state index in [0.717, 1.165) is 18.7 Å². The van der Waals surface area contributed by atoms with E-state index < -0.39 is 12.0 Å². The van der Waals surface area contributed by atoms with E-state index in [1.54, 1.807) is 6.92 Å². The Morgan fingerprint density at radius 2 is 2.06 bits per heavy atom. The normalized spacial score (nSPS) is 17.9. The third kappa shape index (κ3) is 3.30. The van der Waals surface area contributed by atoms with Crippen molar-refractivity contribution in [2.24, 2.45) is 5.92 Å². The van der Waals surface area contributed by atoms with E-state index in [2.05, 4.69) is 10.6 Å². The van der Waals surface area contributed by atoms with Crippen molar-refractivity contribution >= 4 is 11.9 Å². The average Bonchev–Trinajstić information content (AvgIpc) is 2.21. The molecule has 0 aromatic carbocycles. The molecule has 3 N–H and O–H groups in total. The number of carbonyl (C=O) groups excluding carboxylic acids is 1. The number of carbonyl (C=O) groups is 2. The molecule has 1 fully saturated rings. The summed E-state index contributed by atoms with van der Waals surface area (Å²) in [4.78, 5) is 22.9. The van der Waals surface area contributed by atoms with Crippen LogP contribution in [0.4, 0.5) is 0 Å². The van der Waals surface area contributed by atoms with E-state index in [1.165, 1.54) is 0 Å². The molecule has 5 nitrogen and oxygen atoms in total. The molecule has 5 heteroatoms. The lowest BCUT2D eigenvalue weighted by molar-refractivity contribution is -0.142. The van der Waals surface area contributed by atoms with Crippen molar-refractivity contribution in [2.75, 3.05) is 13.1 Å². The smallest absolute Gasteiger partial charge is 0.326 e. The topological polar surface area (TPSA) is 78.4 Å². The third-order valence-corrected chi connectivity index (χ3v) is 3.31. The molecular weight excluding hydrogens is 220 g/mol. The van der Waals surface area contributed by atoms with Crippen molar-refractivity contribution in [1.29, 1.82) is 0 Å². The van der Waals surface area contributed by atoms with Crippen LogP contribution in [0.2, 0.25) is 0 Å². The molecule has 17 heavy (non-hydrogen) atoms. The van der Waals surface area contributed by atoms with Crippen LogP contribution in [0, 0.1) is 5.92 Å². The van der Waals surface area contributed by atoms with Gasteiger partial charge in [-0.15, -0.1) is 0 Å². The van der Waals surface area contributed by atoms with Crippen molar-refractivity contribution in [2.45, 2.75) is 33.2 Å². The second-order valence-corrected chi connectivity index (χ2v) is 4.51. The van der Waals surface area contributed by atoms with Gasteiger partial charge < -0.3 is 15.7 Å². The van der Waals surface area contributed by atoms with Gasteiger partial charge in [0, 0.05) is 18.7 Å². The standard InChI is InChI=1S/C12H20N2O3/c1-4-7(2)10(12(16)17)14-11(15)8(3)9-5-13-6-9/h7,10,13H,4-6H2,1-3H3,(H,14,15)(H,16,17)/t7-,10-/m0/s1. The second-order valence-electron chi connectivity index (χ2n) is 4.51. The first-order chi connectivity index (χ1) is 7.97. The van der Waals surface area contributed by atoms with E-state index in [9.17, 15) is 9.59 Å². The highest BCUT2D eigenvalue weighted by Crippen LogP contribution is 2.12. The quantitative estimate of drug-likeness (QED) is 0.612. The van der Waals surface area contributed by atoms with Crippen LogP contribution in [0.25, 0.3) is 0 Å². The molecule has 96 valence electrons. The number of hydrogen-bond donors (Lipinski definition) is 3. The Labute approximate surface area is 101 Å². The molecule has 2 atom stereocenters. The summed E-state index contributed by atoms with van der Waals surface area (Å²) in [5.74, 6) is -1.32. The number of amides is 1. The van der Waals surface area contributed by atoms with Gasteiger partial charge in [-0.25, -0.2) is 4.79 Å². The van der Waals surface area contributed by atoms with Crippen molar-refractivity contribution in [3.63, 3.8) is 0 Å². The number of carboxylic acid groups (broad SMARTS) is 1. The Balaban J connectivity index is 2.67. The molecule has 1 saturated heterocycles. The molecule has 1 heterocycles. The summed E-state index contributed by atoms with van der Waals surface area (Å²) < 4.78 is 0. The zero-order chi connectivity index (χ0) is 13.0. The Morgan fingerprint density at radius 1 is 1.47 bits per heavy atom. The molecular formula is C12H20N2O3. The van der Waals surface area contributed by atoms with Crippen molar-refractivity contribution in [3.8, 4) is 0 Å². The summed E-state index contributed by atoms with van der Waals surface area (Å²) in [6.45, 7) is 6.92. The minimum atomic E-state index is -0.975. The van der Waals surface area contributed by atoms with E-state index in [4.69, 9.17) is 5.11 Å². The fraction of sp³-hybridized carbons (Fsp3) is 0.667. The van der Waals surface area contributed by atoms with Crippen LogP contribution < -0.4 is 10.6 Å². The first kappa shape index (κ1) is 13.7. The molecule has 0 radical (unpaired) electrons. The Kier molecular flexibility index (Phi) is 4.69. The highest BCUT2D eigenvalue weighted by atomic mass is 16.4. The van der Waals surface area contributed by atoms with Gasteiger partial charge in [0.25, 0.3) is 0 Å². The Morgan fingerprint density at radius 3 is 2.41 bits per heavy atom. The molecule has 0 aromatic rings. The summed E-state index contributed by atoms with van der Waals surface area (Å²) in [5, 5.41) is 14.7. The van der Waals surface area contributed by atoms with E-state index in [0.29, 0.717) is 12.0 Å². The Bertz CT molecular complexity index is 344. The van der Waals surface area contributed by atoms with Gasteiger partial charge in [0.1, 0.15) is 6.04 Å². The van der Waals surface area contributed by atoms with Crippen molar-refractivity contribution in [1.82, 2.24) is 10.6 Å². The highest BCUT2D eigenvalue weighted by molar-refractivity contribution is 5.96. The van der Waals surface area contributed by atoms with Crippen LogP contribution in [0.1, 0.15) is 27.2 Å². The molecule has 1 amide bonds. The molecule has 0 saturated carbocycles. The molecule has 1 aliphatic rings. The van der Waals surface area contributed by atoms with Crippen LogP contribution in [0.3, 0.4) is 0 Å². The molecule has 1 rings (SSSR count). The van der Waals surface area contributed by atoms with Crippen LogP contribution in [0.5, 0.6) is 0 Å². The maximum absolute atomic E-state index is 11.9.